The van der Waals surface area contributed by atoms with Gasteiger partial charge in [-0.25, -0.2) is 4.98 Å². The van der Waals surface area contributed by atoms with Crippen LogP contribution in [0, 0.1) is 17.3 Å². The molecular weight excluding hydrogens is 542 g/mol. The van der Waals surface area contributed by atoms with Crippen molar-refractivity contribution < 1.29 is 19.0 Å². The molecule has 0 saturated heterocycles. The van der Waals surface area contributed by atoms with Crippen molar-refractivity contribution in [2.24, 2.45) is 17.3 Å². The molecule has 43 heavy (non-hydrogen) atoms. The van der Waals surface area contributed by atoms with Crippen LogP contribution < -0.4 is 24.8 Å². The monoisotopic (exact) mass is 595 g/mol. The molecule has 1 heterocycles. The number of rotatable bonds is 16. The zero-order chi connectivity index (χ0) is 31.7. The third kappa shape index (κ3) is 9.51. The fourth-order valence-corrected chi connectivity index (χ4v) is 5.15. The summed E-state index contributed by atoms with van der Waals surface area (Å²) in [4.78, 5) is 20.6. The van der Waals surface area contributed by atoms with Crippen LogP contribution in [0.1, 0.15) is 71.7 Å². The van der Waals surface area contributed by atoms with Crippen LogP contribution in [0.2, 0.25) is 0 Å². The van der Waals surface area contributed by atoms with Gasteiger partial charge in [-0.1, -0.05) is 48.5 Å². The van der Waals surface area contributed by atoms with Crippen molar-refractivity contribution in [2.45, 2.75) is 67.9 Å². The third-order valence-electron chi connectivity index (χ3n) is 7.01. The number of anilines is 2. The molecule has 238 valence electrons. The lowest BCUT2D eigenvalue weighted by atomic mass is 9.97. The number of benzene rings is 2. The average Bonchev–Trinajstić information content (AvgIpc) is 3.28. The van der Waals surface area contributed by atoms with Crippen LogP contribution in [0.3, 0.4) is 0 Å². The van der Waals surface area contributed by atoms with E-state index in [4.69, 9.17) is 19.2 Å². The molecule has 9 heteroatoms. The van der Waals surface area contributed by atoms with Crippen molar-refractivity contribution in [3.8, 4) is 17.2 Å². The molecule has 1 aromatic heterocycles. The summed E-state index contributed by atoms with van der Waals surface area (Å²) >= 11 is 0. The van der Waals surface area contributed by atoms with Crippen LogP contribution >= 0.6 is 0 Å². The predicted molar refractivity (Wildman–Crippen MR) is 176 cm³/mol. The Labute approximate surface area is 258 Å². The van der Waals surface area contributed by atoms with Gasteiger partial charge in [-0.2, -0.15) is 0 Å². The van der Waals surface area contributed by atoms with Crippen molar-refractivity contribution >= 4 is 28.6 Å². The fourth-order valence-electron chi connectivity index (χ4n) is 5.15. The van der Waals surface area contributed by atoms with E-state index in [9.17, 15) is 4.79 Å². The highest BCUT2D eigenvalue weighted by Crippen LogP contribution is 2.40. The fraction of sp³-hybridized carbons (Fsp3) is 0.588. The van der Waals surface area contributed by atoms with Gasteiger partial charge in [0.1, 0.15) is 0 Å². The highest BCUT2D eigenvalue weighted by molar-refractivity contribution is 5.98. The SMILES string of the molecule is COc1cc(Nc2nc3ccc(C(=O)N(CC(C)C)CC(C)C)cc3n2CCCCNCC(C)(C)C)cc(OC)c1OC. The lowest BCUT2D eigenvalue weighted by Gasteiger charge is -2.26. The number of hydrogen-bond donors (Lipinski definition) is 2. The van der Waals surface area contributed by atoms with Crippen molar-refractivity contribution in [1.82, 2.24) is 19.8 Å². The van der Waals surface area contributed by atoms with E-state index >= 15 is 0 Å². The van der Waals surface area contributed by atoms with Crippen LogP contribution in [0.5, 0.6) is 17.2 Å². The zero-order valence-electron chi connectivity index (χ0n) is 28.0. The Hall–Kier alpha value is -3.46. The van der Waals surface area contributed by atoms with Crippen LogP contribution in [0.25, 0.3) is 11.0 Å². The standard InChI is InChI=1S/C34H53N5O4/c1-23(2)20-38(21-24(3)4)32(40)25-13-14-27-28(17-25)39(16-12-11-15-35-22-34(5,6)7)33(37-27)36-26-18-29(41-8)31(43-10)30(19-26)42-9/h13-14,17-19,23-24,35H,11-12,15-16,20-22H2,1-10H3,(H,36,37). The molecule has 0 fully saturated rings. The van der Waals surface area contributed by atoms with E-state index in [1.165, 1.54) is 0 Å². The Kier molecular flexibility index (Phi) is 12.1. The van der Waals surface area contributed by atoms with E-state index in [-0.39, 0.29) is 11.3 Å². The average molecular weight is 596 g/mol. The maximum atomic E-state index is 13.7. The number of imidazole rings is 1. The summed E-state index contributed by atoms with van der Waals surface area (Å²) in [6.45, 7) is 19.4. The van der Waals surface area contributed by atoms with Gasteiger partial charge in [0.25, 0.3) is 5.91 Å². The molecule has 1 amide bonds. The van der Waals surface area contributed by atoms with Gasteiger partial charge in [-0.3, -0.25) is 4.79 Å². The smallest absolute Gasteiger partial charge is 0.253 e. The van der Waals surface area contributed by atoms with Gasteiger partial charge in [-0.15, -0.1) is 0 Å². The number of hydrogen-bond acceptors (Lipinski definition) is 7. The number of amides is 1. The second-order valence-electron chi connectivity index (χ2n) is 13.3. The van der Waals surface area contributed by atoms with Crippen LogP contribution in [0.4, 0.5) is 11.6 Å². The molecule has 0 spiro atoms. The van der Waals surface area contributed by atoms with Gasteiger partial charge in [0.2, 0.25) is 11.7 Å². The Morgan fingerprint density at radius 2 is 1.56 bits per heavy atom. The minimum Gasteiger partial charge on any atom is -0.493 e. The van der Waals surface area contributed by atoms with Crippen molar-refractivity contribution in [3.05, 3.63) is 35.9 Å². The minimum atomic E-state index is 0.0579. The molecule has 0 aliphatic rings. The number of aryl methyl sites for hydroxylation is 1. The summed E-state index contributed by atoms with van der Waals surface area (Å²) < 4.78 is 18.8. The quantitative estimate of drug-likeness (QED) is 0.173. The lowest BCUT2D eigenvalue weighted by molar-refractivity contribution is 0.0715. The van der Waals surface area contributed by atoms with E-state index in [0.29, 0.717) is 40.6 Å². The molecule has 3 rings (SSSR count). The molecule has 3 aromatic rings. The maximum Gasteiger partial charge on any atom is 0.253 e. The molecule has 0 unspecified atom stereocenters. The number of ether oxygens (including phenoxy) is 3. The Bertz CT molecular complexity index is 1310. The number of nitrogens with zero attached hydrogens (tertiary/aromatic N) is 3. The molecule has 0 bridgehead atoms. The second kappa shape index (κ2) is 15.3. The number of aromatic nitrogens is 2. The summed E-state index contributed by atoms with van der Waals surface area (Å²) in [6.07, 6.45) is 1.98. The van der Waals surface area contributed by atoms with Crippen LogP contribution in [-0.2, 0) is 6.54 Å². The summed E-state index contributed by atoms with van der Waals surface area (Å²) in [5.41, 5.74) is 3.45. The van der Waals surface area contributed by atoms with Gasteiger partial charge in [0.15, 0.2) is 11.5 Å². The van der Waals surface area contributed by atoms with Crippen LogP contribution in [-0.4, -0.2) is 67.9 Å². The predicted octanol–water partition coefficient (Wildman–Crippen LogP) is 6.98. The van der Waals surface area contributed by atoms with E-state index < -0.39 is 0 Å². The summed E-state index contributed by atoms with van der Waals surface area (Å²) in [7, 11) is 4.79. The van der Waals surface area contributed by atoms with Gasteiger partial charge < -0.3 is 34.3 Å². The van der Waals surface area contributed by atoms with Crippen molar-refractivity contribution in [2.75, 3.05) is 52.8 Å². The topological polar surface area (TPSA) is 89.9 Å². The Morgan fingerprint density at radius 3 is 2.09 bits per heavy atom. The van der Waals surface area contributed by atoms with Crippen molar-refractivity contribution in [1.29, 1.82) is 0 Å². The third-order valence-corrected chi connectivity index (χ3v) is 7.01. The van der Waals surface area contributed by atoms with Crippen LogP contribution in [0.15, 0.2) is 30.3 Å². The molecule has 0 radical (unpaired) electrons. The first-order valence-electron chi connectivity index (χ1n) is 15.4. The van der Waals surface area contributed by atoms with E-state index in [0.717, 1.165) is 62.3 Å². The normalized spacial score (nSPS) is 11.8. The molecule has 9 nitrogen and oxygen atoms in total. The summed E-state index contributed by atoms with van der Waals surface area (Å²) in [5, 5.41) is 7.05. The zero-order valence-corrected chi connectivity index (χ0v) is 28.0. The first kappa shape index (κ1) is 34.0. The van der Waals surface area contributed by atoms with E-state index in [1.54, 1.807) is 21.3 Å². The van der Waals surface area contributed by atoms with Gasteiger partial charge in [0.05, 0.1) is 32.4 Å². The molecule has 0 atom stereocenters. The number of nitrogens with one attached hydrogen (secondary N) is 2. The Morgan fingerprint density at radius 1 is 0.930 bits per heavy atom. The maximum absolute atomic E-state index is 13.7. The number of carbonyl (C=O) groups excluding carboxylic acids is 1. The second-order valence-corrected chi connectivity index (χ2v) is 13.3. The summed E-state index contributed by atoms with van der Waals surface area (Å²) in [6, 6.07) is 9.58. The summed E-state index contributed by atoms with van der Waals surface area (Å²) in [5.74, 6) is 3.17. The largest absolute Gasteiger partial charge is 0.493 e. The van der Waals surface area contributed by atoms with Gasteiger partial charge in [-0.05, 0) is 61.4 Å². The molecule has 0 saturated carbocycles. The molecule has 2 aromatic carbocycles. The molecule has 0 aliphatic carbocycles. The Balaban J connectivity index is 1.98. The molecule has 0 aliphatic heterocycles. The number of fused-ring (bicyclic) bond motifs is 1. The van der Waals surface area contributed by atoms with E-state index in [1.807, 2.05) is 35.2 Å². The molecule has 2 N–H and O–H groups in total. The highest BCUT2D eigenvalue weighted by atomic mass is 16.5. The van der Waals surface area contributed by atoms with E-state index in [2.05, 4.69) is 63.7 Å². The minimum absolute atomic E-state index is 0.0579. The first-order chi connectivity index (χ1) is 20.4. The first-order valence-corrected chi connectivity index (χ1v) is 15.4. The molecular formula is C34H53N5O4. The van der Waals surface area contributed by atoms with Crippen molar-refractivity contribution in [3.63, 3.8) is 0 Å². The van der Waals surface area contributed by atoms with Gasteiger partial charge >= 0.3 is 0 Å². The number of unbranched alkanes of at least 4 members (excludes halogenated alkanes) is 1. The van der Waals surface area contributed by atoms with Gasteiger partial charge in [0, 0.05) is 43.0 Å². The highest BCUT2D eigenvalue weighted by Gasteiger charge is 2.21. The number of carbonyl (C=O) groups is 1. The lowest BCUT2D eigenvalue weighted by Crippen LogP contribution is -2.37. The number of methoxy groups -OCH3 is 3.